The molecule has 0 fully saturated rings. The van der Waals surface area contributed by atoms with E-state index in [0.717, 1.165) is 28.8 Å². The van der Waals surface area contributed by atoms with Gasteiger partial charge in [0.05, 0.1) is 29.1 Å². The molecule has 1 aliphatic heterocycles. The van der Waals surface area contributed by atoms with E-state index < -0.39 is 24.2 Å². The fraction of sp³-hybridized carbons (Fsp3) is 0.200. The highest BCUT2D eigenvalue weighted by atomic mass is 35.5. The Balaban J connectivity index is 1.69. The van der Waals surface area contributed by atoms with Gasteiger partial charge in [0.15, 0.2) is 0 Å². The molecule has 2 aromatic rings. The lowest BCUT2D eigenvalue weighted by Gasteiger charge is -2.29. The quantitative estimate of drug-likeness (QED) is 0.736. The van der Waals surface area contributed by atoms with Crippen LogP contribution in [0.5, 0.6) is 5.75 Å². The number of amides is 2. The van der Waals surface area contributed by atoms with E-state index in [0.29, 0.717) is 11.4 Å². The highest BCUT2D eigenvalue weighted by molar-refractivity contribution is 6.33. The van der Waals surface area contributed by atoms with E-state index in [4.69, 9.17) is 16.3 Å². The maximum atomic E-state index is 12.9. The van der Waals surface area contributed by atoms with Gasteiger partial charge in [-0.25, -0.2) is 5.01 Å². The second-order valence-electron chi connectivity index (χ2n) is 6.38. The molecule has 0 bridgehead atoms. The second-order valence-corrected chi connectivity index (χ2v) is 6.79. The Morgan fingerprint density at radius 1 is 1.23 bits per heavy atom. The summed E-state index contributed by atoms with van der Waals surface area (Å²) in [5.74, 6) is -0.397. The SMILES string of the molecule is COc1ccc(C2=CCC(=O)N(CC(=O)Nc3cc(C(F)(F)F)ccc3Cl)N2)cc1. The second kappa shape index (κ2) is 8.66. The number of rotatable bonds is 5. The Labute approximate surface area is 175 Å². The number of methoxy groups -OCH3 is 1. The predicted molar refractivity (Wildman–Crippen MR) is 106 cm³/mol. The Hall–Kier alpha value is -3.20. The van der Waals surface area contributed by atoms with Gasteiger partial charge in [0.1, 0.15) is 12.3 Å². The first kappa shape index (κ1) is 21.5. The third kappa shape index (κ3) is 5.04. The number of hydrazine groups is 1. The Morgan fingerprint density at radius 3 is 2.57 bits per heavy atom. The molecule has 1 aliphatic rings. The molecule has 0 saturated heterocycles. The lowest BCUT2D eigenvalue weighted by Crippen LogP contribution is -2.48. The molecule has 0 aliphatic carbocycles. The molecule has 1 heterocycles. The molecule has 6 nitrogen and oxygen atoms in total. The standard InChI is InChI=1S/C20H17ClF3N3O3/c1-30-14-5-2-12(3-6-14)16-8-9-19(29)27(26-16)11-18(28)25-17-10-13(20(22,23)24)4-7-15(17)21/h2-8,10,26H,9,11H2,1H3,(H,25,28). The first-order valence-corrected chi connectivity index (χ1v) is 9.13. The summed E-state index contributed by atoms with van der Waals surface area (Å²) in [5.41, 5.74) is 3.11. The highest BCUT2D eigenvalue weighted by Gasteiger charge is 2.31. The van der Waals surface area contributed by atoms with Crippen molar-refractivity contribution in [1.29, 1.82) is 0 Å². The number of nitrogens with zero attached hydrogens (tertiary/aromatic N) is 1. The average Bonchev–Trinajstić information content (AvgIpc) is 2.70. The largest absolute Gasteiger partial charge is 0.497 e. The maximum absolute atomic E-state index is 12.9. The van der Waals surface area contributed by atoms with Crippen molar-refractivity contribution in [2.45, 2.75) is 12.6 Å². The van der Waals surface area contributed by atoms with Gasteiger partial charge in [-0.15, -0.1) is 0 Å². The molecule has 30 heavy (non-hydrogen) atoms. The highest BCUT2D eigenvalue weighted by Crippen LogP contribution is 2.33. The Bertz CT molecular complexity index is 991. The molecule has 0 unspecified atom stereocenters. The van der Waals surface area contributed by atoms with E-state index in [1.807, 2.05) is 0 Å². The van der Waals surface area contributed by atoms with Gasteiger partial charge in [0, 0.05) is 6.42 Å². The molecule has 10 heteroatoms. The Kier molecular flexibility index (Phi) is 6.21. The van der Waals surface area contributed by atoms with Crippen LogP contribution in [0.3, 0.4) is 0 Å². The van der Waals surface area contributed by atoms with Gasteiger partial charge in [0.2, 0.25) is 11.8 Å². The van der Waals surface area contributed by atoms with Crippen LogP contribution in [0.4, 0.5) is 18.9 Å². The van der Waals surface area contributed by atoms with Crippen molar-refractivity contribution in [1.82, 2.24) is 10.4 Å². The zero-order valence-corrected chi connectivity index (χ0v) is 16.5. The van der Waals surface area contributed by atoms with Crippen molar-refractivity contribution in [2.24, 2.45) is 0 Å². The van der Waals surface area contributed by atoms with Gasteiger partial charge in [-0.05, 0) is 54.1 Å². The third-order valence-electron chi connectivity index (χ3n) is 4.31. The van der Waals surface area contributed by atoms with Gasteiger partial charge < -0.3 is 10.1 Å². The molecule has 0 aromatic heterocycles. The van der Waals surface area contributed by atoms with Crippen LogP contribution in [0.15, 0.2) is 48.5 Å². The van der Waals surface area contributed by atoms with Crippen molar-refractivity contribution >= 4 is 34.8 Å². The monoisotopic (exact) mass is 439 g/mol. The summed E-state index contributed by atoms with van der Waals surface area (Å²) in [4.78, 5) is 24.5. The van der Waals surface area contributed by atoms with E-state index in [1.54, 1.807) is 37.5 Å². The minimum Gasteiger partial charge on any atom is -0.497 e. The van der Waals surface area contributed by atoms with Gasteiger partial charge in [-0.2, -0.15) is 13.2 Å². The number of carbonyl (C=O) groups is 2. The number of alkyl halides is 3. The van der Waals surface area contributed by atoms with Crippen molar-refractivity contribution in [2.75, 3.05) is 19.0 Å². The summed E-state index contributed by atoms with van der Waals surface area (Å²) < 4.78 is 43.7. The van der Waals surface area contributed by atoms with Gasteiger partial charge in [-0.1, -0.05) is 11.6 Å². The minimum absolute atomic E-state index is 0.0481. The number of hydrogen-bond acceptors (Lipinski definition) is 4. The number of halogens is 4. The lowest BCUT2D eigenvalue weighted by atomic mass is 10.1. The Morgan fingerprint density at radius 2 is 1.93 bits per heavy atom. The van der Waals surface area contributed by atoms with E-state index in [9.17, 15) is 22.8 Å². The molecule has 3 rings (SSSR count). The van der Waals surface area contributed by atoms with Crippen LogP contribution in [0.2, 0.25) is 5.02 Å². The third-order valence-corrected chi connectivity index (χ3v) is 4.64. The number of anilines is 1. The summed E-state index contributed by atoms with van der Waals surface area (Å²) in [6, 6.07) is 9.69. The summed E-state index contributed by atoms with van der Waals surface area (Å²) >= 11 is 5.89. The summed E-state index contributed by atoms with van der Waals surface area (Å²) in [5, 5.41) is 3.37. The normalized spacial score (nSPS) is 14.1. The topological polar surface area (TPSA) is 70.7 Å². The van der Waals surface area contributed by atoms with Crippen LogP contribution in [-0.2, 0) is 15.8 Å². The fourth-order valence-electron chi connectivity index (χ4n) is 2.76. The van der Waals surface area contributed by atoms with Gasteiger partial charge >= 0.3 is 6.18 Å². The van der Waals surface area contributed by atoms with Crippen LogP contribution in [0, 0.1) is 0 Å². The molecule has 2 N–H and O–H groups in total. The minimum atomic E-state index is -4.58. The number of benzene rings is 2. The van der Waals surface area contributed by atoms with E-state index in [1.165, 1.54) is 0 Å². The number of hydrogen-bond donors (Lipinski definition) is 2. The molecule has 0 radical (unpaired) electrons. The van der Waals surface area contributed by atoms with Crippen LogP contribution < -0.4 is 15.5 Å². The molecular weight excluding hydrogens is 423 g/mol. The molecule has 158 valence electrons. The first-order valence-electron chi connectivity index (χ1n) is 8.75. The molecule has 0 saturated carbocycles. The van der Waals surface area contributed by atoms with Crippen LogP contribution in [0.25, 0.3) is 5.70 Å². The van der Waals surface area contributed by atoms with Crippen LogP contribution >= 0.6 is 11.6 Å². The fourth-order valence-corrected chi connectivity index (χ4v) is 2.93. The maximum Gasteiger partial charge on any atom is 0.416 e. The van der Waals surface area contributed by atoms with Crippen molar-refractivity contribution in [3.63, 3.8) is 0 Å². The van der Waals surface area contributed by atoms with E-state index in [-0.39, 0.29) is 23.0 Å². The molecule has 2 amide bonds. The summed E-state index contributed by atoms with van der Waals surface area (Å²) in [6.07, 6.45) is -2.83. The predicted octanol–water partition coefficient (Wildman–Crippen LogP) is 4.08. The van der Waals surface area contributed by atoms with E-state index >= 15 is 0 Å². The lowest BCUT2D eigenvalue weighted by molar-refractivity contribution is -0.137. The molecule has 0 atom stereocenters. The van der Waals surface area contributed by atoms with E-state index in [2.05, 4.69) is 10.7 Å². The summed E-state index contributed by atoms with van der Waals surface area (Å²) in [6.45, 7) is -0.418. The van der Waals surface area contributed by atoms with Crippen LogP contribution in [0.1, 0.15) is 17.5 Å². The zero-order valence-electron chi connectivity index (χ0n) is 15.7. The van der Waals surface area contributed by atoms with Crippen molar-refractivity contribution in [3.05, 3.63) is 64.7 Å². The van der Waals surface area contributed by atoms with Gasteiger partial charge in [-0.3, -0.25) is 15.0 Å². The van der Waals surface area contributed by atoms with Crippen LogP contribution in [-0.4, -0.2) is 30.5 Å². The van der Waals surface area contributed by atoms with Crippen molar-refractivity contribution < 1.29 is 27.5 Å². The van der Waals surface area contributed by atoms with Gasteiger partial charge in [0.25, 0.3) is 0 Å². The number of ether oxygens (including phenoxy) is 1. The smallest absolute Gasteiger partial charge is 0.416 e. The van der Waals surface area contributed by atoms with Crippen molar-refractivity contribution in [3.8, 4) is 5.75 Å². The zero-order chi connectivity index (χ0) is 21.9. The number of carbonyl (C=O) groups excluding carboxylic acids is 2. The first-order chi connectivity index (χ1) is 14.2. The summed E-state index contributed by atoms with van der Waals surface area (Å²) in [7, 11) is 1.54. The average molecular weight is 440 g/mol. The molecule has 2 aromatic carbocycles. The molecule has 0 spiro atoms. The molecular formula is C20H17ClF3N3O3. The number of nitrogens with one attached hydrogen (secondary N) is 2.